The number of nitrogens with zero attached hydrogens (tertiary/aromatic N) is 3. The number of nitriles is 1. The van der Waals surface area contributed by atoms with Gasteiger partial charge < -0.3 is 9.80 Å². The molecule has 112 valence electrons. The summed E-state index contributed by atoms with van der Waals surface area (Å²) >= 11 is 6.13. The molecule has 1 saturated heterocycles. The molecule has 0 aliphatic carbocycles. The van der Waals surface area contributed by atoms with Crippen LogP contribution in [0.5, 0.6) is 0 Å². The Labute approximate surface area is 136 Å². The van der Waals surface area contributed by atoms with Gasteiger partial charge in [0.05, 0.1) is 10.6 Å². The maximum absolute atomic E-state index is 8.95. The lowest BCUT2D eigenvalue weighted by Crippen LogP contribution is -2.46. The maximum atomic E-state index is 8.95. The van der Waals surface area contributed by atoms with Crippen molar-refractivity contribution in [3.05, 3.63) is 58.6 Å². The Kier molecular flexibility index (Phi) is 4.22. The highest BCUT2D eigenvalue weighted by molar-refractivity contribution is 6.32. The molecule has 22 heavy (non-hydrogen) atoms. The average molecular weight is 312 g/mol. The number of aryl methyl sites for hydroxylation is 1. The second kappa shape index (κ2) is 6.29. The van der Waals surface area contributed by atoms with Crippen LogP contribution in [0.3, 0.4) is 0 Å². The molecule has 0 aromatic heterocycles. The monoisotopic (exact) mass is 311 g/mol. The van der Waals surface area contributed by atoms with Gasteiger partial charge in [0.25, 0.3) is 0 Å². The van der Waals surface area contributed by atoms with Crippen LogP contribution in [-0.4, -0.2) is 26.2 Å². The van der Waals surface area contributed by atoms with Crippen LogP contribution in [0.2, 0.25) is 5.02 Å². The molecule has 1 aliphatic rings. The predicted octanol–water partition coefficient (Wildman–Crippen LogP) is 3.85. The quantitative estimate of drug-likeness (QED) is 0.844. The highest BCUT2D eigenvalue weighted by Crippen LogP contribution is 2.25. The zero-order valence-corrected chi connectivity index (χ0v) is 13.3. The van der Waals surface area contributed by atoms with Crippen LogP contribution in [0, 0.1) is 18.3 Å². The normalized spacial score (nSPS) is 14.8. The van der Waals surface area contributed by atoms with Crippen molar-refractivity contribution >= 4 is 23.0 Å². The number of benzene rings is 2. The van der Waals surface area contributed by atoms with E-state index in [4.69, 9.17) is 16.9 Å². The third-order valence-corrected chi connectivity index (χ3v) is 4.40. The standard InChI is InChI=1S/C18H18ClN3/c1-14-3-2-4-16(11-14)21-7-9-22(10-8-21)17-6-5-15(13-20)18(19)12-17/h2-6,11-12H,7-10H2,1H3. The van der Waals surface area contributed by atoms with E-state index >= 15 is 0 Å². The van der Waals surface area contributed by atoms with Gasteiger partial charge in [-0.2, -0.15) is 5.26 Å². The zero-order valence-electron chi connectivity index (χ0n) is 12.6. The van der Waals surface area contributed by atoms with E-state index in [0.29, 0.717) is 10.6 Å². The van der Waals surface area contributed by atoms with Crippen LogP contribution >= 0.6 is 11.6 Å². The maximum Gasteiger partial charge on any atom is 0.101 e. The van der Waals surface area contributed by atoms with Gasteiger partial charge in [-0.25, -0.2) is 0 Å². The van der Waals surface area contributed by atoms with E-state index in [0.717, 1.165) is 31.9 Å². The molecule has 0 saturated carbocycles. The number of hydrogen-bond acceptors (Lipinski definition) is 3. The minimum atomic E-state index is 0.529. The average Bonchev–Trinajstić information content (AvgIpc) is 2.55. The van der Waals surface area contributed by atoms with E-state index < -0.39 is 0 Å². The molecular formula is C18H18ClN3. The molecule has 4 heteroatoms. The lowest BCUT2D eigenvalue weighted by molar-refractivity contribution is 0.653. The first-order chi connectivity index (χ1) is 10.7. The lowest BCUT2D eigenvalue weighted by Gasteiger charge is -2.37. The summed E-state index contributed by atoms with van der Waals surface area (Å²) in [5, 5.41) is 9.48. The number of rotatable bonds is 2. The Bertz CT molecular complexity index is 713. The van der Waals surface area contributed by atoms with Crippen LogP contribution in [0.25, 0.3) is 0 Å². The molecule has 3 rings (SSSR count). The highest BCUT2D eigenvalue weighted by Gasteiger charge is 2.18. The summed E-state index contributed by atoms with van der Waals surface area (Å²) in [4.78, 5) is 4.73. The van der Waals surface area contributed by atoms with Gasteiger partial charge >= 0.3 is 0 Å². The van der Waals surface area contributed by atoms with Gasteiger partial charge in [-0.3, -0.25) is 0 Å². The summed E-state index contributed by atoms with van der Waals surface area (Å²) < 4.78 is 0. The van der Waals surface area contributed by atoms with E-state index in [9.17, 15) is 0 Å². The molecule has 2 aromatic rings. The van der Waals surface area contributed by atoms with Crippen molar-refractivity contribution in [2.75, 3.05) is 36.0 Å². The number of halogens is 1. The smallest absolute Gasteiger partial charge is 0.101 e. The topological polar surface area (TPSA) is 30.3 Å². The Hall–Kier alpha value is -2.18. The Morgan fingerprint density at radius 2 is 1.59 bits per heavy atom. The van der Waals surface area contributed by atoms with Crippen molar-refractivity contribution in [1.82, 2.24) is 0 Å². The minimum absolute atomic E-state index is 0.529. The first-order valence-electron chi connectivity index (χ1n) is 7.43. The first-order valence-corrected chi connectivity index (χ1v) is 7.81. The van der Waals surface area contributed by atoms with Gasteiger partial charge in [0.2, 0.25) is 0 Å². The van der Waals surface area contributed by atoms with Gasteiger partial charge in [-0.15, -0.1) is 0 Å². The molecule has 1 fully saturated rings. The fraction of sp³-hybridized carbons (Fsp3) is 0.278. The fourth-order valence-corrected chi connectivity index (χ4v) is 3.06. The molecular weight excluding hydrogens is 294 g/mol. The molecule has 0 N–H and O–H groups in total. The van der Waals surface area contributed by atoms with Gasteiger partial charge in [0, 0.05) is 37.6 Å². The Morgan fingerprint density at radius 3 is 2.14 bits per heavy atom. The van der Waals surface area contributed by atoms with Crippen molar-refractivity contribution < 1.29 is 0 Å². The third-order valence-electron chi connectivity index (χ3n) is 4.08. The molecule has 0 amide bonds. The minimum Gasteiger partial charge on any atom is -0.368 e. The number of hydrogen-bond donors (Lipinski definition) is 0. The number of anilines is 2. The third kappa shape index (κ3) is 3.03. The highest BCUT2D eigenvalue weighted by atomic mass is 35.5. The van der Waals surface area contributed by atoms with Crippen LogP contribution in [0.4, 0.5) is 11.4 Å². The first kappa shape index (κ1) is 14.7. The summed E-state index contributed by atoms with van der Waals surface area (Å²) in [6.45, 7) is 6.01. The van der Waals surface area contributed by atoms with Crippen molar-refractivity contribution in [1.29, 1.82) is 5.26 Å². The second-order valence-corrected chi connectivity index (χ2v) is 6.00. The summed E-state index contributed by atoms with van der Waals surface area (Å²) in [6, 6.07) is 16.4. The summed E-state index contributed by atoms with van der Waals surface area (Å²) in [7, 11) is 0. The lowest BCUT2D eigenvalue weighted by atomic mass is 10.1. The van der Waals surface area contributed by atoms with Crippen molar-refractivity contribution in [2.24, 2.45) is 0 Å². The summed E-state index contributed by atoms with van der Waals surface area (Å²) in [5.41, 5.74) is 4.20. The van der Waals surface area contributed by atoms with E-state index in [-0.39, 0.29) is 0 Å². The van der Waals surface area contributed by atoms with Crippen LogP contribution < -0.4 is 9.80 Å². The molecule has 0 radical (unpaired) electrons. The molecule has 3 nitrogen and oxygen atoms in total. The van der Waals surface area contributed by atoms with Gasteiger partial charge in [-0.1, -0.05) is 23.7 Å². The molecule has 0 bridgehead atoms. The summed E-state index contributed by atoms with van der Waals surface area (Å²) in [6.07, 6.45) is 0. The van der Waals surface area contributed by atoms with Gasteiger partial charge in [0.15, 0.2) is 0 Å². The molecule has 1 aliphatic heterocycles. The van der Waals surface area contributed by atoms with Crippen LogP contribution in [0.15, 0.2) is 42.5 Å². The largest absolute Gasteiger partial charge is 0.368 e. The SMILES string of the molecule is Cc1cccc(N2CCN(c3ccc(C#N)c(Cl)c3)CC2)c1. The molecule has 1 heterocycles. The molecule has 2 aromatic carbocycles. The fourth-order valence-electron chi connectivity index (χ4n) is 2.84. The van der Waals surface area contributed by atoms with E-state index in [1.807, 2.05) is 12.1 Å². The molecule has 0 atom stereocenters. The van der Waals surface area contributed by atoms with Crippen molar-refractivity contribution in [3.8, 4) is 6.07 Å². The zero-order chi connectivity index (χ0) is 15.5. The van der Waals surface area contributed by atoms with Crippen molar-refractivity contribution in [2.45, 2.75) is 6.92 Å². The Balaban J connectivity index is 1.69. The molecule has 0 unspecified atom stereocenters. The van der Waals surface area contributed by atoms with E-state index in [1.165, 1.54) is 11.3 Å². The predicted molar refractivity (Wildman–Crippen MR) is 91.8 cm³/mol. The number of piperazine rings is 1. The van der Waals surface area contributed by atoms with Crippen LogP contribution in [0.1, 0.15) is 11.1 Å². The van der Waals surface area contributed by atoms with E-state index in [1.54, 1.807) is 6.07 Å². The van der Waals surface area contributed by atoms with Gasteiger partial charge in [0.1, 0.15) is 6.07 Å². The van der Waals surface area contributed by atoms with E-state index in [2.05, 4.69) is 47.1 Å². The molecule has 0 spiro atoms. The van der Waals surface area contributed by atoms with Gasteiger partial charge in [-0.05, 0) is 42.8 Å². The van der Waals surface area contributed by atoms with Crippen molar-refractivity contribution in [3.63, 3.8) is 0 Å². The summed E-state index contributed by atoms with van der Waals surface area (Å²) in [5.74, 6) is 0. The second-order valence-electron chi connectivity index (χ2n) is 5.59. The Morgan fingerprint density at radius 1 is 0.955 bits per heavy atom. The van der Waals surface area contributed by atoms with Crippen LogP contribution in [-0.2, 0) is 0 Å².